The van der Waals surface area contributed by atoms with Crippen molar-refractivity contribution in [1.82, 2.24) is 19.1 Å². The lowest BCUT2D eigenvalue weighted by atomic mass is 10.0. The molecule has 3 N–H and O–H groups in total. The van der Waals surface area contributed by atoms with Crippen LogP contribution in [-0.2, 0) is 24.3 Å². The Morgan fingerprint density at radius 2 is 1.72 bits per heavy atom. The number of anilines is 1. The number of nitrogens with zero attached hydrogens (tertiary/aromatic N) is 3. The van der Waals surface area contributed by atoms with Gasteiger partial charge in [-0.2, -0.15) is 0 Å². The summed E-state index contributed by atoms with van der Waals surface area (Å²) < 4.78 is 2.89. The molecule has 1 aromatic carbocycles. The number of carbonyl (C=O) groups is 1. The molecule has 3 aromatic rings. The van der Waals surface area contributed by atoms with Crippen molar-refractivity contribution < 1.29 is 9.90 Å². The van der Waals surface area contributed by atoms with Gasteiger partial charge in [-0.1, -0.05) is 32.9 Å². The van der Waals surface area contributed by atoms with Crippen molar-refractivity contribution >= 4 is 22.8 Å². The van der Waals surface area contributed by atoms with Crippen LogP contribution in [0.3, 0.4) is 0 Å². The number of aryl methyl sites for hydroxylation is 1. The van der Waals surface area contributed by atoms with Gasteiger partial charge in [-0.3, -0.25) is 18.7 Å². The number of benzene rings is 1. The van der Waals surface area contributed by atoms with E-state index < -0.39 is 12.0 Å². The van der Waals surface area contributed by atoms with Crippen LogP contribution in [0.1, 0.15) is 57.8 Å². The SMILES string of the molecule is CCCn1c(=O)c2nc(C(C)Cc3ccc(NC(C)C(=O)O)cc3)[nH]c2n(CCC)c1=O. The molecule has 9 heteroatoms. The normalized spacial score (nSPS) is 13.2. The molecule has 172 valence electrons. The smallest absolute Gasteiger partial charge is 0.332 e. The van der Waals surface area contributed by atoms with Crippen LogP contribution in [0.4, 0.5) is 5.69 Å². The third-order valence-corrected chi connectivity index (χ3v) is 5.49. The topological polar surface area (TPSA) is 122 Å². The predicted molar refractivity (Wildman–Crippen MR) is 124 cm³/mol. The molecule has 2 atom stereocenters. The number of carboxylic acids is 1. The Morgan fingerprint density at radius 3 is 2.31 bits per heavy atom. The number of aliphatic carboxylic acids is 1. The van der Waals surface area contributed by atoms with Crippen molar-refractivity contribution in [2.24, 2.45) is 0 Å². The van der Waals surface area contributed by atoms with E-state index >= 15 is 0 Å². The first-order valence-electron chi connectivity index (χ1n) is 11.1. The van der Waals surface area contributed by atoms with Gasteiger partial charge in [0.2, 0.25) is 0 Å². The molecule has 0 amide bonds. The number of H-pyrrole nitrogens is 1. The molecule has 0 bridgehead atoms. The first kappa shape index (κ1) is 23.3. The van der Waals surface area contributed by atoms with Crippen LogP contribution < -0.4 is 16.6 Å². The van der Waals surface area contributed by atoms with Crippen molar-refractivity contribution in [1.29, 1.82) is 0 Å². The van der Waals surface area contributed by atoms with Crippen LogP contribution in [-0.4, -0.2) is 36.2 Å². The highest BCUT2D eigenvalue weighted by Gasteiger charge is 2.19. The van der Waals surface area contributed by atoms with Gasteiger partial charge in [0.05, 0.1) is 0 Å². The second-order valence-corrected chi connectivity index (χ2v) is 8.22. The summed E-state index contributed by atoms with van der Waals surface area (Å²) in [5, 5.41) is 12.0. The zero-order valence-corrected chi connectivity index (χ0v) is 19.0. The summed E-state index contributed by atoms with van der Waals surface area (Å²) in [6.07, 6.45) is 2.14. The second kappa shape index (κ2) is 9.84. The number of aromatic amines is 1. The van der Waals surface area contributed by atoms with Gasteiger partial charge in [-0.05, 0) is 43.9 Å². The minimum atomic E-state index is -0.910. The quantitative estimate of drug-likeness (QED) is 0.445. The zero-order valence-electron chi connectivity index (χ0n) is 19.0. The van der Waals surface area contributed by atoms with E-state index in [1.165, 1.54) is 4.57 Å². The van der Waals surface area contributed by atoms with Crippen molar-refractivity contribution in [3.05, 3.63) is 56.5 Å². The second-order valence-electron chi connectivity index (χ2n) is 8.22. The molecule has 0 saturated carbocycles. The number of fused-ring (bicyclic) bond motifs is 1. The minimum absolute atomic E-state index is 0.0108. The number of imidazole rings is 1. The van der Waals surface area contributed by atoms with Gasteiger partial charge in [-0.15, -0.1) is 0 Å². The number of nitrogens with one attached hydrogen (secondary N) is 2. The molecule has 0 fully saturated rings. The van der Waals surface area contributed by atoms with Crippen LogP contribution in [0.15, 0.2) is 33.9 Å². The van der Waals surface area contributed by atoms with Crippen molar-refractivity contribution in [2.45, 2.75) is 72.0 Å². The minimum Gasteiger partial charge on any atom is -0.480 e. The Hall–Kier alpha value is -3.36. The molecule has 0 radical (unpaired) electrons. The van der Waals surface area contributed by atoms with E-state index in [2.05, 4.69) is 15.3 Å². The summed E-state index contributed by atoms with van der Waals surface area (Å²) >= 11 is 0. The Bertz CT molecular complexity index is 1210. The third kappa shape index (κ3) is 4.76. The number of rotatable bonds is 10. The molecule has 0 aliphatic heterocycles. The average Bonchev–Trinajstić information content (AvgIpc) is 3.21. The molecule has 32 heavy (non-hydrogen) atoms. The lowest BCUT2D eigenvalue weighted by molar-refractivity contribution is -0.137. The summed E-state index contributed by atoms with van der Waals surface area (Å²) in [5.41, 5.74) is 1.93. The van der Waals surface area contributed by atoms with Crippen molar-refractivity contribution in [3.63, 3.8) is 0 Å². The standard InChI is InChI=1S/C23H31N5O4/c1-5-11-27-20-18(21(29)28(12-6-2)23(27)32)25-19(26-20)14(3)13-16-7-9-17(10-8-16)24-15(4)22(30)31/h7-10,14-15,24H,5-6,11-13H2,1-4H3,(H,25,26)(H,30,31). The number of hydrogen-bond acceptors (Lipinski definition) is 5. The van der Waals surface area contributed by atoms with E-state index in [9.17, 15) is 14.4 Å². The third-order valence-electron chi connectivity index (χ3n) is 5.49. The van der Waals surface area contributed by atoms with E-state index in [1.807, 2.05) is 45.0 Å². The summed E-state index contributed by atoms with van der Waals surface area (Å²) in [4.78, 5) is 44.5. The van der Waals surface area contributed by atoms with Crippen LogP contribution in [0, 0.1) is 0 Å². The van der Waals surface area contributed by atoms with E-state index in [0.29, 0.717) is 42.9 Å². The fourth-order valence-corrected chi connectivity index (χ4v) is 3.77. The molecule has 2 heterocycles. The van der Waals surface area contributed by atoms with Gasteiger partial charge in [0.25, 0.3) is 5.56 Å². The first-order chi connectivity index (χ1) is 15.3. The number of carboxylic acid groups (broad SMARTS) is 1. The average molecular weight is 442 g/mol. The maximum atomic E-state index is 12.9. The maximum Gasteiger partial charge on any atom is 0.332 e. The zero-order chi connectivity index (χ0) is 23.4. The van der Waals surface area contributed by atoms with Gasteiger partial charge in [0.1, 0.15) is 17.5 Å². The Labute approximate surface area is 186 Å². The molecular formula is C23H31N5O4. The van der Waals surface area contributed by atoms with E-state index in [1.54, 1.807) is 11.5 Å². The van der Waals surface area contributed by atoms with E-state index in [-0.39, 0.29) is 17.2 Å². The summed E-state index contributed by atoms with van der Waals surface area (Å²) in [6, 6.07) is 6.91. The summed E-state index contributed by atoms with van der Waals surface area (Å²) in [7, 11) is 0. The highest BCUT2D eigenvalue weighted by atomic mass is 16.4. The molecule has 0 aliphatic carbocycles. The van der Waals surface area contributed by atoms with Crippen LogP contribution in [0.25, 0.3) is 11.2 Å². The molecule has 0 spiro atoms. The molecular weight excluding hydrogens is 410 g/mol. The van der Waals surface area contributed by atoms with Gasteiger partial charge in [-0.25, -0.2) is 9.78 Å². The number of hydrogen-bond donors (Lipinski definition) is 3. The van der Waals surface area contributed by atoms with Gasteiger partial charge in [0, 0.05) is 24.7 Å². The largest absolute Gasteiger partial charge is 0.480 e. The molecule has 2 aromatic heterocycles. The van der Waals surface area contributed by atoms with Gasteiger partial charge in [0.15, 0.2) is 5.52 Å². The van der Waals surface area contributed by atoms with Crippen molar-refractivity contribution in [2.75, 3.05) is 5.32 Å². The molecule has 0 saturated heterocycles. The maximum absolute atomic E-state index is 12.9. The first-order valence-corrected chi connectivity index (χ1v) is 11.1. The fourth-order valence-electron chi connectivity index (χ4n) is 3.77. The summed E-state index contributed by atoms with van der Waals surface area (Å²) in [6.45, 7) is 8.41. The van der Waals surface area contributed by atoms with Crippen LogP contribution >= 0.6 is 0 Å². The van der Waals surface area contributed by atoms with Gasteiger partial charge < -0.3 is 15.4 Å². The highest BCUT2D eigenvalue weighted by Crippen LogP contribution is 2.21. The highest BCUT2D eigenvalue weighted by molar-refractivity contribution is 5.76. The Balaban J connectivity index is 1.88. The fraction of sp³-hybridized carbons (Fsp3) is 0.478. The van der Waals surface area contributed by atoms with E-state index in [4.69, 9.17) is 5.11 Å². The molecule has 3 rings (SSSR count). The summed E-state index contributed by atoms with van der Waals surface area (Å²) in [5.74, 6) is -0.257. The van der Waals surface area contributed by atoms with Crippen molar-refractivity contribution in [3.8, 4) is 0 Å². The van der Waals surface area contributed by atoms with Crippen LogP contribution in [0.2, 0.25) is 0 Å². The van der Waals surface area contributed by atoms with Crippen LogP contribution in [0.5, 0.6) is 0 Å². The molecule has 2 unspecified atom stereocenters. The lowest BCUT2D eigenvalue weighted by Gasteiger charge is -2.12. The van der Waals surface area contributed by atoms with E-state index in [0.717, 1.165) is 17.7 Å². The Kier molecular flexibility index (Phi) is 7.17. The lowest BCUT2D eigenvalue weighted by Crippen LogP contribution is -2.40. The Morgan fingerprint density at radius 1 is 1.09 bits per heavy atom. The number of aromatic nitrogens is 4. The monoisotopic (exact) mass is 441 g/mol. The molecule has 0 aliphatic rings. The predicted octanol–water partition coefficient (Wildman–Crippen LogP) is 2.94. The van der Waals surface area contributed by atoms with Gasteiger partial charge >= 0.3 is 11.7 Å². The molecule has 9 nitrogen and oxygen atoms in total.